The van der Waals surface area contributed by atoms with E-state index in [1.54, 1.807) is 12.5 Å². The molecule has 1 fully saturated rings. The minimum absolute atomic E-state index is 0.0441. The first-order valence-corrected chi connectivity index (χ1v) is 7.42. The number of hydrogen-bond acceptors (Lipinski definition) is 5. The molecule has 3 heterocycles. The summed E-state index contributed by atoms with van der Waals surface area (Å²) in [5.41, 5.74) is 0.710. The highest BCUT2D eigenvalue weighted by atomic mass is 16.5. The molecule has 0 atom stereocenters. The molecule has 0 saturated carbocycles. The zero-order valence-corrected chi connectivity index (χ0v) is 12.3. The van der Waals surface area contributed by atoms with E-state index in [1.807, 2.05) is 24.3 Å². The second-order valence-electron chi connectivity index (χ2n) is 5.13. The van der Waals surface area contributed by atoms with E-state index in [1.165, 1.54) is 0 Å². The molecule has 1 N–H and O–H groups in total. The summed E-state index contributed by atoms with van der Waals surface area (Å²) in [4.78, 5) is 18.5. The average Bonchev–Trinajstić information content (AvgIpc) is 3.08. The second-order valence-corrected chi connectivity index (χ2v) is 5.13. The SMILES string of the molecule is O=C(CCc1ccco1)Nc1ccc(N2CCOCC2)nc1. The van der Waals surface area contributed by atoms with Crippen molar-refractivity contribution in [3.63, 3.8) is 0 Å². The van der Waals surface area contributed by atoms with Crippen LogP contribution in [0.1, 0.15) is 12.2 Å². The fraction of sp³-hybridized carbons (Fsp3) is 0.375. The molecule has 1 aliphatic heterocycles. The predicted octanol–water partition coefficient (Wildman–Crippen LogP) is 2.08. The minimum atomic E-state index is -0.0441. The number of nitrogens with zero attached hydrogens (tertiary/aromatic N) is 2. The van der Waals surface area contributed by atoms with Crippen LogP contribution in [-0.4, -0.2) is 37.2 Å². The van der Waals surface area contributed by atoms with Crippen molar-refractivity contribution in [1.82, 2.24) is 4.98 Å². The lowest BCUT2D eigenvalue weighted by Gasteiger charge is -2.27. The van der Waals surface area contributed by atoms with E-state index in [-0.39, 0.29) is 5.91 Å². The number of aryl methyl sites for hydroxylation is 1. The zero-order chi connectivity index (χ0) is 15.2. The molecule has 1 saturated heterocycles. The van der Waals surface area contributed by atoms with E-state index < -0.39 is 0 Å². The molecule has 116 valence electrons. The smallest absolute Gasteiger partial charge is 0.224 e. The molecule has 0 aromatic carbocycles. The lowest BCUT2D eigenvalue weighted by molar-refractivity contribution is -0.116. The summed E-state index contributed by atoms with van der Waals surface area (Å²) in [6.07, 6.45) is 4.29. The number of ether oxygens (including phenoxy) is 1. The van der Waals surface area contributed by atoms with Crippen molar-refractivity contribution >= 4 is 17.4 Å². The van der Waals surface area contributed by atoms with Crippen LogP contribution in [0.4, 0.5) is 11.5 Å². The number of rotatable bonds is 5. The number of amides is 1. The summed E-state index contributed by atoms with van der Waals surface area (Å²) in [5.74, 6) is 1.69. The average molecular weight is 301 g/mol. The number of pyridine rings is 1. The first-order valence-electron chi connectivity index (χ1n) is 7.42. The molecule has 0 unspecified atom stereocenters. The third-order valence-electron chi connectivity index (χ3n) is 3.55. The summed E-state index contributed by atoms with van der Waals surface area (Å²) in [6.45, 7) is 3.16. The Morgan fingerprint density at radius 1 is 1.27 bits per heavy atom. The van der Waals surface area contributed by atoms with Crippen LogP contribution in [0.3, 0.4) is 0 Å². The van der Waals surface area contributed by atoms with Gasteiger partial charge in [-0.2, -0.15) is 0 Å². The second kappa shape index (κ2) is 7.09. The molecule has 2 aromatic rings. The number of carbonyl (C=O) groups excluding carboxylic acids is 1. The van der Waals surface area contributed by atoms with Crippen LogP contribution in [0.5, 0.6) is 0 Å². The molecule has 3 rings (SSSR count). The Bertz CT molecular complexity index is 590. The van der Waals surface area contributed by atoms with Gasteiger partial charge in [0.15, 0.2) is 0 Å². The van der Waals surface area contributed by atoms with Crippen LogP contribution in [-0.2, 0) is 16.0 Å². The highest BCUT2D eigenvalue weighted by Crippen LogP contribution is 2.15. The van der Waals surface area contributed by atoms with E-state index in [0.29, 0.717) is 18.5 Å². The minimum Gasteiger partial charge on any atom is -0.469 e. The number of nitrogens with one attached hydrogen (secondary N) is 1. The predicted molar refractivity (Wildman–Crippen MR) is 82.9 cm³/mol. The Kier molecular flexibility index (Phi) is 4.70. The van der Waals surface area contributed by atoms with Crippen LogP contribution in [0, 0.1) is 0 Å². The third-order valence-corrected chi connectivity index (χ3v) is 3.55. The van der Waals surface area contributed by atoms with Crippen molar-refractivity contribution in [2.45, 2.75) is 12.8 Å². The quantitative estimate of drug-likeness (QED) is 0.916. The van der Waals surface area contributed by atoms with Crippen molar-refractivity contribution in [3.8, 4) is 0 Å². The molecule has 2 aromatic heterocycles. The van der Waals surface area contributed by atoms with Gasteiger partial charge in [0.25, 0.3) is 0 Å². The zero-order valence-electron chi connectivity index (χ0n) is 12.3. The van der Waals surface area contributed by atoms with Gasteiger partial charge in [-0.3, -0.25) is 4.79 Å². The van der Waals surface area contributed by atoms with Crippen LogP contribution >= 0.6 is 0 Å². The first-order chi connectivity index (χ1) is 10.8. The molecule has 6 nitrogen and oxygen atoms in total. The van der Waals surface area contributed by atoms with Crippen LogP contribution in [0.15, 0.2) is 41.1 Å². The van der Waals surface area contributed by atoms with Crippen LogP contribution in [0.25, 0.3) is 0 Å². The topological polar surface area (TPSA) is 67.6 Å². The van der Waals surface area contributed by atoms with Gasteiger partial charge in [0, 0.05) is 25.9 Å². The molecule has 0 spiro atoms. The van der Waals surface area contributed by atoms with E-state index in [9.17, 15) is 4.79 Å². The maximum atomic E-state index is 11.9. The number of morpholine rings is 1. The van der Waals surface area contributed by atoms with Gasteiger partial charge in [-0.1, -0.05) is 0 Å². The Morgan fingerprint density at radius 3 is 2.82 bits per heavy atom. The van der Waals surface area contributed by atoms with E-state index in [0.717, 1.165) is 37.9 Å². The van der Waals surface area contributed by atoms with Gasteiger partial charge in [0.1, 0.15) is 11.6 Å². The normalized spacial score (nSPS) is 14.8. The highest BCUT2D eigenvalue weighted by molar-refractivity contribution is 5.90. The van der Waals surface area contributed by atoms with Crippen molar-refractivity contribution in [2.75, 3.05) is 36.5 Å². The van der Waals surface area contributed by atoms with E-state index >= 15 is 0 Å². The van der Waals surface area contributed by atoms with Gasteiger partial charge in [0.05, 0.1) is 31.4 Å². The van der Waals surface area contributed by atoms with Crippen LogP contribution < -0.4 is 10.2 Å². The molecule has 1 aliphatic rings. The van der Waals surface area contributed by atoms with E-state index in [2.05, 4.69) is 15.2 Å². The Morgan fingerprint density at radius 2 is 2.14 bits per heavy atom. The van der Waals surface area contributed by atoms with Gasteiger partial charge < -0.3 is 19.4 Å². The number of furan rings is 1. The Hall–Kier alpha value is -2.34. The lowest BCUT2D eigenvalue weighted by atomic mass is 10.2. The van der Waals surface area contributed by atoms with E-state index in [4.69, 9.17) is 9.15 Å². The fourth-order valence-electron chi connectivity index (χ4n) is 2.35. The van der Waals surface area contributed by atoms with Crippen molar-refractivity contribution in [1.29, 1.82) is 0 Å². The Labute approximate surface area is 129 Å². The fourth-order valence-corrected chi connectivity index (χ4v) is 2.35. The molecule has 1 amide bonds. The Balaban J connectivity index is 1.50. The standard InChI is InChI=1S/C16H19N3O3/c20-16(6-4-14-2-1-9-22-14)18-13-3-5-15(17-12-13)19-7-10-21-11-8-19/h1-3,5,9,12H,4,6-8,10-11H2,(H,18,20). The number of aromatic nitrogens is 1. The molecular formula is C16H19N3O3. The van der Waals surface area contributed by atoms with Gasteiger partial charge >= 0.3 is 0 Å². The molecule has 0 bridgehead atoms. The lowest BCUT2D eigenvalue weighted by Crippen LogP contribution is -2.36. The maximum absolute atomic E-state index is 11.9. The molecule has 6 heteroatoms. The summed E-state index contributed by atoms with van der Waals surface area (Å²) in [6, 6.07) is 7.49. The van der Waals surface area contributed by atoms with Crippen molar-refractivity contribution in [2.24, 2.45) is 0 Å². The maximum Gasteiger partial charge on any atom is 0.224 e. The third kappa shape index (κ3) is 3.85. The number of carbonyl (C=O) groups is 1. The van der Waals surface area contributed by atoms with Gasteiger partial charge in [-0.05, 0) is 24.3 Å². The van der Waals surface area contributed by atoms with Gasteiger partial charge in [-0.25, -0.2) is 4.98 Å². The summed E-state index contributed by atoms with van der Waals surface area (Å²) in [7, 11) is 0. The molecule has 0 aliphatic carbocycles. The number of hydrogen-bond donors (Lipinski definition) is 1. The monoisotopic (exact) mass is 301 g/mol. The highest BCUT2D eigenvalue weighted by Gasteiger charge is 2.12. The van der Waals surface area contributed by atoms with Gasteiger partial charge in [0.2, 0.25) is 5.91 Å². The molecule has 0 radical (unpaired) electrons. The van der Waals surface area contributed by atoms with Crippen LogP contribution in [0.2, 0.25) is 0 Å². The van der Waals surface area contributed by atoms with Crippen molar-refractivity contribution in [3.05, 3.63) is 42.5 Å². The summed E-state index contributed by atoms with van der Waals surface area (Å²) >= 11 is 0. The summed E-state index contributed by atoms with van der Waals surface area (Å²) in [5, 5.41) is 2.85. The first kappa shape index (κ1) is 14.6. The molecular weight excluding hydrogens is 282 g/mol. The largest absolute Gasteiger partial charge is 0.469 e. The number of anilines is 2. The van der Waals surface area contributed by atoms with Gasteiger partial charge in [-0.15, -0.1) is 0 Å². The molecule has 22 heavy (non-hydrogen) atoms. The van der Waals surface area contributed by atoms with Crippen molar-refractivity contribution < 1.29 is 13.9 Å². The summed E-state index contributed by atoms with van der Waals surface area (Å²) < 4.78 is 10.5.